The maximum absolute atomic E-state index is 8.70. The van der Waals surface area contributed by atoms with E-state index in [2.05, 4.69) is 11.1 Å². The summed E-state index contributed by atoms with van der Waals surface area (Å²) in [5.41, 5.74) is 1.74. The number of hydrogen-bond donors (Lipinski definition) is 0. The summed E-state index contributed by atoms with van der Waals surface area (Å²) in [7, 11) is 0. The quantitative estimate of drug-likeness (QED) is 0.814. The zero-order valence-electron chi connectivity index (χ0n) is 9.00. The van der Waals surface area contributed by atoms with Crippen LogP contribution in [0.25, 0.3) is 10.6 Å². The third-order valence-electron chi connectivity index (χ3n) is 2.29. The lowest BCUT2D eigenvalue weighted by Crippen LogP contribution is -1.80. The number of thiazole rings is 1. The molecule has 1 heterocycles. The molecule has 1 aromatic heterocycles. The standard InChI is InChI=1S/C12H8Cl2N2S/c1-7-11(4-5-15)17-12(16-7)9-3-2-8(13)6-10(9)14/h2-3,6H,4H2,1H3. The first-order valence-electron chi connectivity index (χ1n) is 4.90. The van der Waals surface area contributed by atoms with Crippen molar-refractivity contribution in [1.29, 1.82) is 5.26 Å². The Balaban J connectivity index is 2.47. The van der Waals surface area contributed by atoms with E-state index >= 15 is 0 Å². The zero-order valence-corrected chi connectivity index (χ0v) is 11.3. The van der Waals surface area contributed by atoms with Crippen LogP contribution in [0.3, 0.4) is 0 Å². The van der Waals surface area contributed by atoms with Crippen LogP contribution in [0.15, 0.2) is 18.2 Å². The average Bonchev–Trinajstić information content (AvgIpc) is 2.60. The van der Waals surface area contributed by atoms with Gasteiger partial charge in [-0.05, 0) is 25.1 Å². The smallest absolute Gasteiger partial charge is 0.125 e. The maximum Gasteiger partial charge on any atom is 0.125 e. The fraction of sp³-hybridized carbons (Fsp3) is 0.167. The molecule has 2 rings (SSSR count). The Labute approximate surface area is 113 Å². The first kappa shape index (κ1) is 12.4. The van der Waals surface area contributed by atoms with Crippen LogP contribution in [0.4, 0.5) is 0 Å². The van der Waals surface area contributed by atoms with Crippen LogP contribution in [0, 0.1) is 18.3 Å². The fourth-order valence-corrected chi connectivity index (χ4v) is 3.03. The van der Waals surface area contributed by atoms with Gasteiger partial charge in [-0.3, -0.25) is 0 Å². The van der Waals surface area contributed by atoms with Gasteiger partial charge in [0.25, 0.3) is 0 Å². The van der Waals surface area contributed by atoms with Gasteiger partial charge < -0.3 is 0 Å². The van der Waals surface area contributed by atoms with E-state index in [9.17, 15) is 0 Å². The first-order chi connectivity index (χ1) is 8.11. The van der Waals surface area contributed by atoms with Gasteiger partial charge in [0, 0.05) is 15.5 Å². The Morgan fingerprint density at radius 2 is 2.18 bits per heavy atom. The number of aromatic nitrogens is 1. The van der Waals surface area contributed by atoms with Crippen molar-refractivity contribution in [2.75, 3.05) is 0 Å². The highest BCUT2D eigenvalue weighted by molar-refractivity contribution is 7.15. The SMILES string of the molecule is Cc1nc(-c2ccc(Cl)cc2Cl)sc1CC#N. The second-order valence-corrected chi connectivity index (χ2v) is 5.41. The summed E-state index contributed by atoms with van der Waals surface area (Å²) in [6.45, 7) is 1.90. The monoisotopic (exact) mass is 282 g/mol. The van der Waals surface area contributed by atoms with Crippen molar-refractivity contribution in [2.24, 2.45) is 0 Å². The molecule has 0 unspecified atom stereocenters. The molecule has 0 spiro atoms. The fourth-order valence-electron chi connectivity index (χ4n) is 1.44. The van der Waals surface area contributed by atoms with E-state index in [0.717, 1.165) is 21.1 Å². The van der Waals surface area contributed by atoms with E-state index in [4.69, 9.17) is 28.5 Å². The molecule has 0 bridgehead atoms. The lowest BCUT2D eigenvalue weighted by molar-refractivity contribution is 1.18. The van der Waals surface area contributed by atoms with Crippen LogP contribution in [-0.2, 0) is 6.42 Å². The zero-order chi connectivity index (χ0) is 12.4. The summed E-state index contributed by atoms with van der Waals surface area (Å²) in [6.07, 6.45) is 0.384. The van der Waals surface area contributed by atoms with Gasteiger partial charge in [0.2, 0.25) is 0 Å². The van der Waals surface area contributed by atoms with Crippen LogP contribution in [0.5, 0.6) is 0 Å². The van der Waals surface area contributed by atoms with Gasteiger partial charge in [-0.15, -0.1) is 11.3 Å². The molecule has 0 aliphatic rings. The average molecular weight is 283 g/mol. The molecule has 0 atom stereocenters. The van der Waals surface area contributed by atoms with Crippen LogP contribution in [-0.4, -0.2) is 4.98 Å². The molecule has 0 saturated heterocycles. The third-order valence-corrected chi connectivity index (χ3v) is 4.03. The normalized spacial score (nSPS) is 10.2. The van der Waals surface area contributed by atoms with Crippen LogP contribution in [0.2, 0.25) is 10.0 Å². The van der Waals surface area contributed by atoms with Gasteiger partial charge in [-0.2, -0.15) is 5.26 Å². The van der Waals surface area contributed by atoms with E-state index in [-0.39, 0.29) is 0 Å². The Morgan fingerprint density at radius 3 is 2.82 bits per heavy atom. The highest BCUT2D eigenvalue weighted by Gasteiger charge is 2.12. The molecule has 2 nitrogen and oxygen atoms in total. The predicted molar refractivity (Wildman–Crippen MR) is 71.6 cm³/mol. The first-order valence-corrected chi connectivity index (χ1v) is 6.47. The van der Waals surface area contributed by atoms with Crippen molar-refractivity contribution in [3.63, 3.8) is 0 Å². The molecule has 0 N–H and O–H groups in total. The second kappa shape index (κ2) is 5.05. The molecular weight excluding hydrogens is 275 g/mol. The second-order valence-electron chi connectivity index (χ2n) is 3.49. The molecule has 0 aliphatic heterocycles. The summed E-state index contributed by atoms with van der Waals surface area (Å²) in [4.78, 5) is 5.41. The number of nitriles is 1. The van der Waals surface area contributed by atoms with Gasteiger partial charge in [0.15, 0.2) is 0 Å². The molecule has 1 aromatic carbocycles. The lowest BCUT2D eigenvalue weighted by atomic mass is 10.2. The van der Waals surface area contributed by atoms with E-state index < -0.39 is 0 Å². The van der Waals surface area contributed by atoms with Gasteiger partial charge in [-0.25, -0.2) is 4.98 Å². The Hall–Kier alpha value is -1.08. The largest absolute Gasteiger partial charge is 0.241 e. The van der Waals surface area contributed by atoms with Gasteiger partial charge in [0.05, 0.1) is 23.2 Å². The Bertz CT molecular complexity index is 599. The molecule has 0 saturated carbocycles. The lowest BCUT2D eigenvalue weighted by Gasteiger charge is -2.00. The molecule has 0 aliphatic carbocycles. The van der Waals surface area contributed by atoms with Crippen molar-refractivity contribution in [1.82, 2.24) is 4.98 Å². The summed E-state index contributed by atoms with van der Waals surface area (Å²) >= 11 is 13.5. The highest BCUT2D eigenvalue weighted by atomic mass is 35.5. The molecule has 0 radical (unpaired) electrons. The summed E-state index contributed by atoms with van der Waals surface area (Å²) in [6, 6.07) is 7.45. The van der Waals surface area contributed by atoms with Crippen molar-refractivity contribution in [3.8, 4) is 16.6 Å². The molecule has 5 heteroatoms. The van der Waals surface area contributed by atoms with E-state index in [1.54, 1.807) is 12.1 Å². The number of halogens is 2. The molecule has 86 valence electrons. The van der Waals surface area contributed by atoms with Gasteiger partial charge in [0.1, 0.15) is 5.01 Å². The van der Waals surface area contributed by atoms with Crippen LogP contribution in [0.1, 0.15) is 10.6 Å². The highest BCUT2D eigenvalue weighted by Crippen LogP contribution is 2.34. The number of benzene rings is 1. The van der Waals surface area contributed by atoms with Gasteiger partial charge >= 0.3 is 0 Å². The van der Waals surface area contributed by atoms with Crippen molar-refractivity contribution in [3.05, 3.63) is 38.8 Å². The number of rotatable bonds is 2. The van der Waals surface area contributed by atoms with Crippen molar-refractivity contribution < 1.29 is 0 Å². The topological polar surface area (TPSA) is 36.7 Å². The van der Waals surface area contributed by atoms with Crippen LogP contribution < -0.4 is 0 Å². The number of nitrogens with zero attached hydrogens (tertiary/aromatic N) is 2. The van der Waals surface area contributed by atoms with E-state index in [1.807, 2.05) is 13.0 Å². The summed E-state index contributed by atoms with van der Waals surface area (Å²) < 4.78 is 0. The number of aryl methyl sites for hydroxylation is 1. The maximum atomic E-state index is 8.70. The van der Waals surface area contributed by atoms with Crippen molar-refractivity contribution >= 4 is 34.5 Å². The molecule has 17 heavy (non-hydrogen) atoms. The summed E-state index contributed by atoms with van der Waals surface area (Å²) in [5, 5.41) is 10.7. The van der Waals surface area contributed by atoms with Crippen LogP contribution >= 0.6 is 34.5 Å². The van der Waals surface area contributed by atoms with E-state index in [0.29, 0.717) is 16.5 Å². The molecule has 0 amide bonds. The van der Waals surface area contributed by atoms with E-state index in [1.165, 1.54) is 11.3 Å². The predicted octanol–water partition coefficient (Wildman–Crippen LogP) is 4.49. The Morgan fingerprint density at radius 1 is 1.41 bits per heavy atom. The molecule has 0 fully saturated rings. The minimum absolute atomic E-state index is 0.384. The number of hydrogen-bond acceptors (Lipinski definition) is 3. The third kappa shape index (κ3) is 2.61. The van der Waals surface area contributed by atoms with Crippen molar-refractivity contribution in [2.45, 2.75) is 13.3 Å². The van der Waals surface area contributed by atoms with Gasteiger partial charge in [-0.1, -0.05) is 23.2 Å². The minimum atomic E-state index is 0.384. The Kier molecular flexibility index (Phi) is 3.68. The summed E-state index contributed by atoms with van der Waals surface area (Å²) in [5.74, 6) is 0. The minimum Gasteiger partial charge on any atom is -0.241 e. The molecular formula is C12H8Cl2N2S. The molecule has 2 aromatic rings.